The molecule has 3 atom stereocenters. The number of nitrogens with one attached hydrogen (secondary N) is 2. The lowest BCUT2D eigenvalue weighted by Crippen LogP contribution is -2.51. The van der Waals surface area contributed by atoms with Gasteiger partial charge in [-0.05, 0) is 55.6 Å². The van der Waals surface area contributed by atoms with E-state index in [1.54, 1.807) is 5.48 Å². The Morgan fingerprint density at radius 3 is 2.08 bits per heavy atom. The van der Waals surface area contributed by atoms with Crippen LogP contribution in [0.4, 0.5) is 0 Å². The third-order valence-electron chi connectivity index (χ3n) is 7.78. The van der Waals surface area contributed by atoms with Crippen LogP contribution < -0.4 is 10.8 Å². The Kier molecular flexibility index (Phi) is 12.0. The Hall–Kier alpha value is -3.19. The Balaban J connectivity index is 1.74. The molecular weight excluding hydrogens is 490 g/mol. The molecular formula is C32H45N3O4. The molecule has 0 radical (unpaired) electrons. The summed E-state index contributed by atoms with van der Waals surface area (Å²) in [6.45, 7) is 7.23. The summed E-state index contributed by atoms with van der Waals surface area (Å²) in [7, 11) is 0. The SMILES string of the molecule is CCCC(C(=O)NO)C(CC(C)C)C(=O)NC1CCCCN(CCC(c2ccccc2)c2ccccc2)C1=O. The number of nitrogens with zero attached hydrogens (tertiary/aromatic N) is 1. The van der Waals surface area contributed by atoms with Crippen molar-refractivity contribution in [2.45, 2.75) is 77.7 Å². The second kappa shape index (κ2) is 15.4. The fourth-order valence-electron chi connectivity index (χ4n) is 5.79. The molecule has 3 rings (SSSR count). The third-order valence-corrected chi connectivity index (χ3v) is 7.78. The number of hydrogen-bond donors (Lipinski definition) is 3. The highest BCUT2D eigenvalue weighted by Gasteiger charge is 2.36. The number of hydrogen-bond acceptors (Lipinski definition) is 4. The number of carbonyl (C=O) groups is 3. The summed E-state index contributed by atoms with van der Waals surface area (Å²) in [6, 6.07) is 20.1. The number of hydroxylamine groups is 1. The molecule has 0 aromatic heterocycles. The zero-order valence-electron chi connectivity index (χ0n) is 23.6. The standard InChI is InChI=1S/C32H45N3O4/c1-4-13-27(31(37)34-39)28(22-23(2)3)30(36)33-29-18-11-12-20-35(32(29)38)21-19-26(24-14-7-5-8-15-24)25-16-9-6-10-17-25/h5-10,14-17,23,26-29,39H,4,11-13,18-22H2,1-3H3,(H,33,36)(H,34,37). The molecule has 2 aromatic carbocycles. The van der Waals surface area contributed by atoms with E-state index in [1.807, 2.05) is 62.1 Å². The normalized spacial score (nSPS) is 17.5. The van der Waals surface area contributed by atoms with E-state index >= 15 is 0 Å². The van der Waals surface area contributed by atoms with Crippen molar-refractivity contribution in [3.8, 4) is 0 Å². The van der Waals surface area contributed by atoms with E-state index in [0.29, 0.717) is 38.8 Å². The molecule has 1 fully saturated rings. The van der Waals surface area contributed by atoms with Gasteiger partial charge < -0.3 is 10.2 Å². The highest BCUT2D eigenvalue weighted by Crippen LogP contribution is 2.29. The van der Waals surface area contributed by atoms with Gasteiger partial charge in [0.05, 0.1) is 5.92 Å². The molecule has 3 N–H and O–H groups in total. The Morgan fingerprint density at radius 1 is 0.923 bits per heavy atom. The zero-order chi connectivity index (χ0) is 28.2. The number of benzene rings is 2. The molecule has 0 saturated carbocycles. The van der Waals surface area contributed by atoms with Crippen molar-refractivity contribution in [2.75, 3.05) is 13.1 Å². The second-order valence-corrected chi connectivity index (χ2v) is 11.2. The van der Waals surface area contributed by atoms with Gasteiger partial charge in [0.2, 0.25) is 17.7 Å². The van der Waals surface area contributed by atoms with Gasteiger partial charge in [0, 0.05) is 24.9 Å². The summed E-state index contributed by atoms with van der Waals surface area (Å²) < 4.78 is 0. The van der Waals surface area contributed by atoms with Crippen LogP contribution in [0, 0.1) is 17.8 Å². The minimum Gasteiger partial charge on any atom is -0.344 e. The molecule has 2 aromatic rings. The molecule has 0 aliphatic carbocycles. The lowest BCUT2D eigenvalue weighted by Gasteiger charge is -2.30. The van der Waals surface area contributed by atoms with E-state index in [-0.39, 0.29) is 23.7 Å². The number of amides is 3. The first-order valence-electron chi connectivity index (χ1n) is 14.5. The maximum absolute atomic E-state index is 13.7. The summed E-state index contributed by atoms with van der Waals surface area (Å²) in [4.78, 5) is 41.6. The van der Waals surface area contributed by atoms with Gasteiger partial charge in [0.15, 0.2) is 0 Å². The topological polar surface area (TPSA) is 98.7 Å². The molecule has 39 heavy (non-hydrogen) atoms. The Bertz CT molecular complexity index is 1000. The summed E-state index contributed by atoms with van der Waals surface area (Å²) in [5.41, 5.74) is 4.19. The van der Waals surface area contributed by atoms with Crippen molar-refractivity contribution in [3.05, 3.63) is 71.8 Å². The van der Waals surface area contributed by atoms with Crippen molar-refractivity contribution >= 4 is 17.7 Å². The highest BCUT2D eigenvalue weighted by atomic mass is 16.5. The summed E-state index contributed by atoms with van der Waals surface area (Å²) in [5.74, 6) is -1.78. The highest BCUT2D eigenvalue weighted by molar-refractivity contribution is 5.91. The van der Waals surface area contributed by atoms with Crippen molar-refractivity contribution in [3.63, 3.8) is 0 Å². The van der Waals surface area contributed by atoms with Crippen LogP contribution in [0.3, 0.4) is 0 Å². The number of carbonyl (C=O) groups excluding carboxylic acids is 3. The quantitative estimate of drug-likeness (QED) is 0.240. The summed E-state index contributed by atoms with van der Waals surface area (Å²) >= 11 is 0. The average Bonchev–Trinajstić information content (AvgIpc) is 3.12. The first-order chi connectivity index (χ1) is 18.8. The van der Waals surface area contributed by atoms with Gasteiger partial charge in [-0.25, -0.2) is 5.48 Å². The maximum atomic E-state index is 13.7. The van der Waals surface area contributed by atoms with Crippen LogP contribution in [0.1, 0.15) is 82.8 Å². The van der Waals surface area contributed by atoms with E-state index in [1.165, 1.54) is 11.1 Å². The zero-order valence-corrected chi connectivity index (χ0v) is 23.6. The predicted molar refractivity (Wildman–Crippen MR) is 153 cm³/mol. The number of likely N-dealkylation sites (tertiary alicyclic amines) is 1. The monoisotopic (exact) mass is 535 g/mol. The molecule has 7 heteroatoms. The fourth-order valence-corrected chi connectivity index (χ4v) is 5.79. The third kappa shape index (κ3) is 8.65. The Labute approximate surface area is 233 Å². The van der Waals surface area contributed by atoms with E-state index in [0.717, 1.165) is 19.3 Å². The largest absolute Gasteiger partial charge is 0.344 e. The van der Waals surface area contributed by atoms with E-state index in [2.05, 4.69) is 29.6 Å². The van der Waals surface area contributed by atoms with Crippen LogP contribution in [0.25, 0.3) is 0 Å². The molecule has 1 aliphatic rings. The molecule has 0 spiro atoms. The van der Waals surface area contributed by atoms with Crippen LogP contribution in [0.2, 0.25) is 0 Å². The van der Waals surface area contributed by atoms with Gasteiger partial charge >= 0.3 is 0 Å². The molecule has 212 valence electrons. The molecule has 3 unspecified atom stereocenters. The smallest absolute Gasteiger partial charge is 0.247 e. The van der Waals surface area contributed by atoms with Gasteiger partial charge in [-0.1, -0.05) is 87.9 Å². The van der Waals surface area contributed by atoms with Crippen LogP contribution in [-0.4, -0.2) is 47.0 Å². The first kappa shape index (κ1) is 30.4. The molecule has 1 aliphatic heterocycles. The lowest BCUT2D eigenvalue weighted by molar-refractivity contribution is -0.143. The Morgan fingerprint density at radius 2 is 1.54 bits per heavy atom. The predicted octanol–water partition coefficient (Wildman–Crippen LogP) is 5.29. The molecule has 1 saturated heterocycles. The summed E-state index contributed by atoms with van der Waals surface area (Å²) in [6.07, 6.45) is 4.80. The molecule has 1 heterocycles. The van der Waals surface area contributed by atoms with E-state index < -0.39 is 23.8 Å². The minimum atomic E-state index is -0.642. The fraction of sp³-hybridized carbons (Fsp3) is 0.531. The van der Waals surface area contributed by atoms with Crippen LogP contribution in [0.15, 0.2) is 60.7 Å². The van der Waals surface area contributed by atoms with Gasteiger partial charge in [-0.2, -0.15) is 0 Å². The minimum absolute atomic E-state index is 0.0531. The van der Waals surface area contributed by atoms with E-state index in [4.69, 9.17) is 0 Å². The van der Waals surface area contributed by atoms with E-state index in [9.17, 15) is 19.6 Å². The molecule has 7 nitrogen and oxygen atoms in total. The van der Waals surface area contributed by atoms with Crippen LogP contribution in [-0.2, 0) is 14.4 Å². The van der Waals surface area contributed by atoms with Crippen molar-refractivity contribution in [2.24, 2.45) is 17.8 Å². The summed E-state index contributed by atoms with van der Waals surface area (Å²) in [5, 5.41) is 12.3. The van der Waals surface area contributed by atoms with Gasteiger partial charge in [-0.15, -0.1) is 0 Å². The van der Waals surface area contributed by atoms with Crippen molar-refractivity contribution in [1.82, 2.24) is 15.7 Å². The number of rotatable bonds is 13. The molecule has 3 amide bonds. The van der Waals surface area contributed by atoms with Gasteiger partial charge in [0.1, 0.15) is 6.04 Å². The first-order valence-corrected chi connectivity index (χ1v) is 14.5. The van der Waals surface area contributed by atoms with Crippen molar-refractivity contribution in [1.29, 1.82) is 0 Å². The molecule has 0 bridgehead atoms. The van der Waals surface area contributed by atoms with Gasteiger partial charge in [0.25, 0.3) is 0 Å². The van der Waals surface area contributed by atoms with Crippen molar-refractivity contribution < 1.29 is 19.6 Å². The maximum Gasteiger partial charge on any atom is 0.247 e. The lowest BCUT2D eigenvalue weighted by atomic mass is 9.81. The average molecular weight is 536 g/mol. The second-order valence-electron chi connectivity index (χ2n) is 11.2. The van der Waals surface area contributed by atoms with Crippen LogP contribution >= 0.6 is 0 Å². The van der Waals surface area contributed by atoms with Crippen LogP contribution in [0.5, 0.6) is 0 Å². The van der Waals surface area contributed by atoms with Gasteiger partial charge in [-0.3, -0.25) is 19.6 Å².